The van der Waals surface area contributed by atoms with E-state index in [0.29, 0.717) is 59.8 Å². The molecule has 0 spiro atoms. The number of rotatable bonds is 4. The number of hydrogen-bond donors (Lipinski definition) is 0. The van der Waals surface area contributed by atoms with Crippen LogP contribution in [0.15, 0.2) is 85.5 Å². The summed E-state index contributed by atoms with van der Waals surface area (Å²) in [7, 11) is 0. The highest BCUT2D eigenvalue weighted by atomic mass is 16.2. The van der Waals surface area contributed by atoms with Crippen molar-refractivity contribution >= 4 is 66.7 Å². The summed E-state index contributed by atoms with van der Waals surface area (Å²) in [5, 5.41) is 24.8. The number of carbonyl (C=O) groups excluding carboxylic acids is 4. The molecule has 10 heteroatoms. The molecule has 0 radical (unpaired) electrons. The first-order valence-corrected chi connectivity index (χ1v) is 15.0. The van der Waals surface area contributed by atoms with Gasteiger partial charge in [-0.25, -0.2) is 0 Å². The van der Waals surface area contributed by atoms with Crippen LogP contribution in [0.5, 0.6) is 0 Å². The van der Waals surface area contributed by atoms with Gasteiger partial charge in [0.15, 0.2) is 0 Å². The summed E-state index contributed by atoms with van der Waals surface area (Å²) < 4.78 is 0. The first-order chi connectivity index (χ1) is 23.4. The number of imide groups is 2. The second kappa shape index (κ2) is 9.73. The van der Waals surface area contributed by atoms with Gasteiger partial charge in [-0.1, -0.05) is 12.1 Å². The highest BCUT2D eigenvalue weighted by Crippen LogP contribution is 2.48. The molecule has 0 saturated heterocycles. The fraction of sp³-hybridized carbons (Fsp3) is 0.0526. The Kier molecular flexibility index (Phi) is 5.53. The largest absolute Gasteiger partial charge is 0.270 e. The molecule has 2 aromatic heterocycles. The molecule has 5 aromatic carbocycles. The molecule has 9 rings (SSSR count). The second-order valence-electron chi connectivity index (χ2n) is 11.8. The highest BCUT2D eigenvalue weighted by molar-refractivity contribution is 6.42. The van der Waals surface area contributed by atoms with Crippen molar-refractivity contribution in [1.29, 1.82) is 10.5 Å². The van der Waals surface area contributed by atoms with Crippen molar-refractivity contribution in [2.45, 2.75) is 13.1 Å². The van der Waals surface area contributed by atoms with Crippen molar-refractivity contribution in [2.75, 3.05) is 0 Å². The Bertz CT molecular complexity index is 2590. The van der Waals surface area contributed by atoms with Crippen molar-refractivity contribution in [3.8, 4) is 12.1 Å². The molecule has 0 saturated carbocycles. The zero-order valence-corrected chi connectivity index (χ0v) is 24.8. The number of nitriles is 2. The van der Waals surface area contributed by atoms with Gasteiger partial charge in [0.2, 0.25) is 0 Å². The fourth-order valence-electron chi connectivity index (χ4n) is 7.37. The van der Waals surface area contributed by atoms with E-state index < -0.39 is 23.6 Å². The van der Waals surface area contributed by atoms with Crippen LogP contribution in [0, 0.1) is 22.7 Å². The minimum Gasteiger partial charge on any atom is -0.270 e. The topological polar surface area (TPSA) is 148 Å². The quantitative estimate of drug-likeness (QED) is 0.135. The predicted molar refractivity (Wildman–Crippen MR) is 174 cm³/mol. The predicted octanol–water partition coefficient (Wildman–Crippen LogP) is 5.86. The van der Waals surface area contributed by atoms with E-state index in [1.54, 1.807) is 73.3 Å². The zero-order valence-electron chi connectivity index (χ0n) is 24.8. The standard InChI is InChI=1S/C38H18N6O4/c39-15-21-13-27-33-28(38(48)44(37(27)47)18-20-7-11-42-12-8-20)14-22(16-40)30-24-2-4-26-32-25(3-1-23(31(24)32)29(21)34(30)33)35(45)43(36(26)46)17-19-5-9-41-10-6-19/h1-14H,17-18H2. The summed E-state index contributed by atoms with van der Waals surface area (Å²) in [5.74, 6) is -2.03. The van der Waals surface area contributed by atoms with Crippen LogP contribution in [0.4, 0.5) is 0 Å². The Balaban J connectivity index is 1.35. The summed E-state index contributed by atoms with van der Waals surface area (Å²) in [5.41, 5.74) is 2.80. The molecule has 4 amide bonds. The molecule has 4 heterocycles. The lowest BCUT2D eigenvalue weighted by Crippen LogP contribution is -2.40. The molecule has 0 aliphatic carbocycles. The third-order valence-electron chi connectivity index (χ3n) is 9.43. The monoisotopic (exact) mass is 622 g/mol. The van der Waals surface area contributed by atoms with Gasteiger partial charge in [-0.2, -0.15) is 10.5 Å². The number of aromatic nitrogens is 2. The summed E-state index contributed by atoms with van der Waals surface area (Å²) in [6.07, 6.45) is 6.34. The van der Waals surface area contributed by atoms with Gasteiger partial charge in [0.1, 0.15) is 0 Å². The molecule has 2 aliphatic heterocycles. The van der Waals surface area contributed by atoms with E-state index in [1.165, 1.54) is 17.0 Å². The molecular formula is C38H18N6O4. The van der Waals surface area contributed by atoms with Crippen molar-refractivity contribution in [3.63, 3.8) is 0 Å². The molecule has 7 aromatic rings. The van der Waals surface area contributed by atoms with Gasteiger partial charge < -0.3 is 0 Å². The molecule has 0 bridgehead atoms. The zero-order chi connectivity index (χ0) is 32.8. The number of hydrogen-bond acceptors (Lipinski definition) is 8. The van der Waals surface area contributed by atoms with Gasteiger partial charge in [-0.15, -0.1) is 0 Å². The molecular weight excluding hydrogens is 604 g/mol. The lowest BCUT2D eigenvalue weighted by molar-refractivity contribution is 0.0583. The van der Waals surface area contributed by atoms with Crippen molar-refractivity contribution in [1.82, 2.24) is 19.8 Å². The van der Waals surface area contributed by atoms with Crippen LogP contribution in [-0.4, -0.2) is 43.4 Å². The maximum Gasteiger partial charge on any atom is 0.261 e. The Hall–Kier alpha value is -7.04. The highest BCUT2D eigenvalue weighted by Gasteiger charge is 2.38. The van der Waals surface area contributed by atoms with Crippen molar-refractivity contribution in [3.05, 3.63) is 130 Å². The fourth-order valence-corrected chi connectivity index (χ4v) is 7.37. The third kappa shape index (κ3) is 3.48. The normalized spacial score (nSPS) is 14.0. The summed E-state index contributed by atoms with van der Waals surface area (Å²) in [6, 6.07) is 21.2. The van der Waals surface area contributed by atoms with Crippen LogP contribution in [0.1, 0.15) is 63.7 Å². The lowest BCUT2D eigenvalue weighted by Gasteiger charge is -2.30. The van der Waals surface area contributed by atoms with Crippen LogP contribution in [0.25, 0.3) is 43.1 Å². The molecule has 0 atom stereocenters. The van der Waals surface area contributed by atoms with Crippen molar-refractivity contribution in [2.24, 2.45) is 0 Å². The molecule has 2 aliphatic rings. The molecule has 0 N–H and O–H groups in total. The first-order valence-electron chi connectivity index (χ1n) is 15.0. The van der Waals surface area contributed by atoms with Gasteiger partial charge in [-0.05, 0) is 75.8 Å². The van der Waals surface area contributed by atoms with Crippen LogP contribution < -0.4 is 0 Å². The first kappa shape index (κ1) is 27.3. The van der Waals surface area contributed by atoms with E-state index in [2.05, 4.69) is 22.1 Å². The third-order valence-corrected chi connectivity index (χ3v) is 9.43. The van der Waals surface area contributed by atoms with E-state index in [-0.39, 0.29) is 35.3 Å². The summed E-state index contributed by atoms with van der Waals surface area (Å²) >= 11 is 0. The van der Waals surface area contributed by atoms with Gasteiger partial charge in [0.05, 0.1) is 47.5 Å². The molecule has 0 fully saturated rings. The van der Waals surface area contributed by atoms with Gasteiger partial charge in [0, 0.05) is 62.8 Å². The van der Waals surface area contributed by atoms with Crippen molar-refractivity contribution < 1.29 is 19.2 Å². The number of carbonyl (C=O) groups is 4. The van der Waals surface area contributed by atoms with Crippen LogP contribution in [-0.2, 0) is 13.1 Å². The Morgan fingerprint density at radius 1 is 0.479 bits per heavy atom. The lowest BCUT2D eigenvalue weighted by atomic mass is 9.79. The minimum atomic E-state index is -0.551. The Morgan fingerprint density at radius 2 is 0.875 bits per heavy atom. The molecule has 48 heavy (non-hydrogen) atoms. The minimum absolute atomic E-state index is 0.0116. The number of amides is 4. The van der Waals surface area contributed by atoms with Gasteiger partial charge >= 0.3 is 0 Å². The smallest absolute Gasteiger partial charge is 0.261 e. The average molecular weight is 623 g/mol. The maximum atomic E-state index is 14.0. The number of benzene rings is 5. The van der Waals surface area contributed by atoms with Crippen LogP contribution >= 0.6 is 0 Å². The van der Waals surface area contributed by atoms with Gasteiger partial charge in [-0.3, -0.25) is 38.9 Å². The number of fused-ring (bicyclic) bond motifs is 2. The number of nitrogens with zero attached hydrogens (tertiary/aromatic N) is 6. The maximum absolute atomic E-state index is 14.0. The molecule has 0 unspecified atom stereocenters. The average Bonchev–Trinajstić information content (AvgIpc) is 3.12. The number of pyridine rings is 2. The van der Waals surface area contributed by atoms with E-state index in [9.17, 15) is 29.7 Å². The molecule has 224 valence electrons. The summed E-state index contributed by atoms with van der Waals surface area (Å²) in [4.78, 5) is 66.2. The van der Waals surface area contributed by atoms with E-state index >= 15 is 0 Å². The second-order valence-corrected chi connectivity index (χ2v) is 11.8. The van der Waals surface area contributed by atoms with E-state index in [0.717, 1.165) is 10.5 Å². The van der Waals surface area contributed by atoms with E-state index in [1.807, 2.05) is 0 Å². The molecule has 10 nitrogen and oxygen atoms in total. The summed E-state index contributed by atoms with van der Waals surface area (Å²) in [6.45, 7) is 0.0536. The van der Waals surface area contributed by atoms with Crippen LogP contribution in [0.3, 0.4) is 0 Å². The van der Waals surface area contributed by atoms with Gasteiger partial charge in [0.25, 0.3) is 23.6 Å². The Labute approximate surface area is 271 Å². The Morgan fingerprint density at radius 3 is 1.29 bits per heavy atom. The van der Waals surface area contributed by atoms with Crippen LogP contribution in [0.2, 0.25) is 0 Å². The SMILES string of the molecule is N#Cc1cc2c3c(cc(C#N)c4c5ccc6c7c(ccc(c1c34)c75)C(=O)N(Cc1ccncc1)C6=O)C(=O)N(Cc1ccncc1)C2=O. The van der Waals surface area contributed by atoms with E-state index in [4.69, 9.17) is 0 Å².